The second-order valence-corrected chi connectivity index (χ2v) is 9.92. The molecule has 8 heteroatoms. The van der Waals surface area contributed by atoms with Gasteiger partial charge in [0.1, 0.15) is 12.1 Å². The Hall–Kier alpha value is -4.46. The van der Waals surface area contributed by atoms with Gasteiger partial charge >= 0.3 is 12.1 Å². The predicted octanol–water partition coefficient (Wildman–Crippen LogP) is 4.98. The van der Waals surface area contributed by atoms with E-state index in [4.69, 9.17) is 9.57 Å². The molecule has 1 heterocycles. The molecule has 1 aliphatic heterocycles. The van der Waals surface area contributed by atoms with Crippen LogP contribution in [0.15, 0.2) is 72.8 Å². The highest BCUT2D eigenvalue weighted by atomic mass is 16.7. The minimum absolute atomic E-state index is 0.101. The summed E-state index contributed by atoms with van der Waals surface area (Å²) in [5.74, 6) is -2.38. The number of nitrogens with one attached hydrogen (secondary N) is 1. The smallest absolute Gasteiger partial charge is 0.408 e. The summed E-state index contributed by atoms with van der Waals surface area (Å²) in [5.41, 5.74) is 3.35. The minimum Gasteiger partial charge on any atom is -0.449 e. The lowest BCUT2D eigenvalue weighted by molar-refractivity contribution is -0.178. The maximum atomic E-state index is 13.4. The topological polar surface area (TPSA) is 102 Å². The number of amides is 3. The van der Waals surface area contributed by atoms with Crippen LogP contribution in [0.4, 0.5) is 4.79 Å². The molecule has 0 atom stereocenters. The molecule has 192 valence electrons. The quantitative estimate of drug-likeness (QED) is 0.486. The zero-order valence-corrected chi connectivity index (χ0v) is 20.6. The second-order valence-electron chi connectivity index (χ2n) is 9.92. The summed E-state index contributed by atoms with van der Waals surface area (Å²) in [4.78, 5) is 57.3. The summed E-state index contributed by atoms with van der Waals surface area (Å²) in [6, 6.07) is 22.4. The normalized spacial score (nSPS) is 17.4. The van der Waals surface area contributed by atoms with E-state index in [1.165, 1.54) is 12.1 Å². The lowest BCUT2D eigenvalue weighted by Crippen LogP contribution is -2.58. The van der Waals surface area contributed by atoms with Crippen molar-refractivity contribution >= 4 is 23.9 Å². The third-order valence-electron chi connectivity index (χ3n) is 7.71. The van der Waals surface area contributed by atoms with Crippen LogP contribution in [-0.2, 0) is 14.4 Å². The van der Waals surface area contributed by atoms with E-state index in [9.17, 15) is 19.2 Å². The Morgan fingerprint density at radius 1 is 0.763 bits per heavy atom. The Morgan fingerprint density at radius 2 is 1.26 bits per heavy atom. The van der Waals surface area contributed by atoms with Gasteiger partial charge in [0.2, 0.25) is 0 Å². The molecule has 3 aromatic rings. The Labute approximate surface area is 219 Å². The molecule has 3 aromatic carbocycles. The number of imide groups is 1. The Balaban J connectivity index is 1.17. The van der Waals surface area contributed by atoms with Crippen LogP contribution in [-0.4, -0.2) is 41.1 Å². The number of fused-ring (bicyclic) bond motifs is 4. The zero-order chi connectivity index (χ0) is 26.3. The molecule has 0 saturated heterocycles. The van der Waals surface area contributed by atoms with E-state index in [1.807, 2.05) is 36.4 Å². The molecule has 3 amide bonds. The van der Waals surface area contributed by atoms with Gasteiger partial charge in [0.05, 0.1) is 11.1 Å². The lowest BCUT2D eigenvalue weighted by atomic mass is 9.82. The Morgan fingerprint density at radius 3 is 1.82 bits per heavy atom. The fourth-order valence-electron chi connectivity index (χ4n) is 5.79. The van der Waals surface area contributed by atoms with Crippen molar-refractivity contribution in [3.8, 4) is 11.1 Å². The molecule has 2 aliphatic carbocycles. The van der Waals surface area contributed by atoms with Crippen LogP contribution in [0.2, 0.25) is 0 Å². The highest BCUT2D eigenvalue weighted by Crippen LogP contribution is 2.44. The number of ether oxygens (including phenoxy) is 1. The van der Waals surface area contributed by atoms with E-state index in [1.54, 1.807) is 12.1 Å². The van der Waals surface area contributed by atoms with Gasteiger partial charge in [-0.15, -0.1) is 0 Å². The third kappa shape index (κ3) is 3.93. The van der Waals surface area contributed by atoms with Crippen LogP contribution in [0.3, 0.4) is 0 Å². The van der Waals surface area contributed by atoms with Crippen LogP contribution in [0, 0.1) is 0 Å². The van der Waals surface area contributed by atoms with Crippen molar-refractivity contribution in [2.45, 2.75) is 43.6 Å². The van der Waals surface area contributed by atoms with Gasteiger partial charge in [0, 0.05) is 5.92 Å². The van der Waals surface area contributed by atoms with Crippen molar-refractivity contribution in [1.82, 2.24) is 10.4 Å². The van der Waals surface area contributed by atoms with Crippen molar-refractivity contribution in [2.24, 2.45) is 0 Å². The summed E-state index contributed by atoms with van der Waals surface area (Å²) < 4.78 is 5.68. The lowest BCUT2D eigenvalue weighted by Gasteiger charge is -2.35. The number of nitrogens with zero attached hydrogens (tertiary/aromatic N) is 1. The summed E-state index contributed by atoms with van der Waals surface area (Å²) in [7, 11) is 0. The molecule has 8 nitrogen and oxygen atoms in total. The first-order valence-corrected chi connectivity index (χ1v) is 12.8. The third-order valence-corrected chi connectivity index (χ3v) is 7.71. The van der Waals surface area contributed by atoms with Gasteiger partial charge in [-0.3, -0.25) is 9.59 Å². The molecule has 0 bridgehead atoms. The first-order chi connectivity index (χ1) is 18.5. The Kier molecular flexibility index (Phi) is 5.94. The van der Waals surface area contributed by atoms with E-state index >= 15 is 0 Å². The van der Waals surface area contributed by atoms with Crippen molar-refractivity contribution < 1.29 is 28.8 Å². The number of hydrogen-bond acceptors (Lipinski definition) is 6. The molecular formula is C30H26N2O6. The average molecular weight is 511 g/mol. The van der Waals surface area contributed by atoms with E-state index < -0.39 is 29.4 Å². The van der Waals surface area contributed by atoms with E-state index in [0.29, 0.717) is 30.7 Å². The average Bonchev–Trinajstić information content (AvgIpc) is 3.39. The monoisotopic (exact) mass is 510 g/mol. The SMILES string of the molecule is O=C(NC1(C(=O)ON2C(=O)c3ccccc3C2=O)CCCCC1)OCC1c2ccccc2-c2ccccc21. The predicted molar refractivity (Wildman–Crippen MR) is 137 cm³/mol. The van der Waals surface area contributed by atoms with Gasteiger partial charge in [-0.1, -0.05) is 85.0 Å². The largest absolute Gasteiger partial charge is 0.449 e. The van der Waals surface area contributed by atoms with Gasteiger partial charge in [-0.2, -0.15) is 0 Å². The van der Waals surface area contributed by atoms with E-state index in [-0.39, 0.29) is 23.7 Å². The number of benzene rings is 3. The van der Waals surface area contributed by atoms with Gasteiger partial charge in [-0.25, -0.2) is 9.59 Å². The maximum Gasteiger partial charge on any atom is 0.408 e. The summed E-state index contributed by atoms with van der Waals surface area (Å²) in [6.07, 6.45) is 2.15. The first kappa shape index (κ1) is 23.9. The number of hydroxylamine groups is 2. The molecule has 6 rings (SSSR count). The fraction of sp³-hybridized carbons (Fsp3) is 0.267. The number of alkyl carbamates (subject to hydrolysis) is 1. The number of carbonyl (C=O) groups is 4. The van der Waals surface area contributed by atoms with Gasteiger partial charge in [0.25, 0.3) is 11.8 Å². The van der Waals surface area contributed by atoms with Gasteiger partial charge < -0.3 is 14.9 Å². The van der Waals surface area contributed by atoms with E-state index in [0.717, 1.165) is 28.7 Å². The molecule has 0 radical (unpaired) electrons. The van der Waals surface area contributed by atoms with Crippen LogP contribution in [0.5, 0.6) is 0 Å². The van der Waals surface area contributed by atoms with Crippen LogP contribution in [0.25, 0.3) is 11.1 Å². The molecular weight excluding hydrogens is 484 g/mol. The van der Waals surface area contributed by atoms with Crippen molar-refractivity contribution in [3.63, 3.8) is 0 Å². The van der Waals surface area contributed by atoms with Crippen LogP contribution < -0.4 is 5.32 Å². The standard InChI is InChI=1S/C30H26N2O6/c33-26-23-14-6-7-15-24(23)27(34)32(26)38-28(35)30(16-8-1-9-17-30)31-29(36)37-18-25-21-12-4-2-10-19(21)20-11-3-5-13-22(20)25/h2-7,10-15,25H,1,8-9,16-18H2,(H,31,36). The Bertz CT molecular complexity index is 1380. The summed E-state index contributed by atoms with van der Waals surface area (Å²) in [6.45, 7) is 0.101. The van der Waals surface area contributed by atoms with Gasteiger partial charge in [0.15, 0.2) is 0 Å². The van der Waals surface area contributed by atoms with Crippen molar-refractivity contribution in [3.05, 3.63) is 95.1 Å². The van der Waals surface area contributed by atoms with E-state index in [2.05, 4.69) is 17.4 Å². The van der Waals surface area contributed by atoms with Crippen LogP contribution in [0.1, 0.15) is 69.9 Å². The van der Waals surface area contributed by atoms with Crippen molar-refractivity contribution in [1.29, 1.82) is 0 Å². The fourth-order valence-corrected chi connectivity index (χ4v) is 5.79. The molecule has 0 aromatic heterocycles. The van der Waals surface area contributed by atoms with Gasteiger partial charge in [-0.05, 0) is 47.2 Å². The zero-order valence-electron chi connectivity index (χ0n) is 20.6. The number of hydrogen-bond donors (Lipinski definition) is 1. The molecule has 1 saturated carbocycles. The highest BCUT2D eigenvalue weighted by molar-refractivity contribution is 6.21. The molecule has 1 fully saturated rings. The maximum absolute atomic E-state index is 13.4. The minimum atomic E-state index is -1.39. The molecule has 0 spiro atoms. The summed E-state index contributed by atoms with van der Waals surface area (Å²) >= 11 is 0. The molecule has 0 unspecified atom stereocenters. The first-order valence-electron chi connectivity index (χ1n) is 12.8. The van der Waals surface area contributed by atoms with Crippen molar-refractivity contribution in [2.75, 3.05) is 6.61 Å². The van der Waals surface area contributed by atoms with Crippen LogP contribution >= 0.6 is 0 Å². The molecule has 38 heavy (non-hydrogen) atoms. The highest BCUT2D eigenvalue weighted by Gasteiger charge is 2.47. The number of rotatable bonds is 5. The summed E-state index contributed by atoms with van der Waals surface area (Å²) in [5, 5.41) is 3.23. The molecule has 1 N–H and O–H groups in total. The molecule has 3 aliphatic rings. The second kappa shape index (κ2) is 9.45. The number of carbonyl (C=O) groups excluding carboxylic acids is 4.